The first-order valence-electron chi connectivity index (χ1n) is 9.10. The highest BCUT2D eigenvalue weighted by Crippen LogP contribution is 2.33. The zero-order valence-corrected chi connectivity index (χ0v) is 16.8. The van der Waals surface area contributed by atoms with E-state index in [0.717, 1.165) is 22.3 Å². The molecule has 1 atom stereocenters. The van der Waals surface area contributed by atoms with Gasteiger partial charge in [-0.15, -0.1) is 0 Å². The Morgan fingerprint density at radius 1 is 1.20 bits per heavy atom. The van der Waals surface area contributed by atoms with Crippen LogP contribution in [-0.4, -0.2) is 24.5 Å². The van der Waals surface area contributed by atoms with E-state index in [1.54, 1.807) is 18.5 Å². The van der Waals surface area contributed by atoms with Crippen molar-refractivity contribution in [2.45, 2.75) is 19.5 Å². The number of nitrogens with two attached hydrogens (primary N) is 2. The van der Waals surface area contributed by atoms with Gasteiger partial charge in [-0.3, -0.25) is 4.98 Å². The Kier molecular flexibility index (Phi) is 5.08. The average Bonchev–Trinajstić information content (AvgIpc) is 3.08. The molecule has 0 aliphatic carbocycles. The van der Waals surface area contributed by atoms with Crippen LogP contribution in [0.15, 0.2) is 42.9 Å². The summed E-state index contributed by atoms with van der Waals surface area (Å²) >= 11 is 6.52. The number of pyridine rings is 2. The van der Waals surface area contributed by atoms with E-state index in [2.05, 4.69) is 25.3 Å². The van der Waals surface area contributed by atoms with Crippen molar-refractivity contribution >= 4 is 40.2 Å². The molecule has 0 amide bonds. The van der Waals surface area contributed by atoms with Crippen molar-refractivity contribution < 1.29 is 0 Å². The molecule has 0 aliphatic rings. The third-order valence-corrected chi connectivity index (χ3v) is 5.00. The summed E-state index contributed by atoms with van der Waals surface area (Å²) in [5, 5.41) is 14.0. The molecular formula is C20H18ClN9. The van der Waals surface area contributed by atoms with Crippen LogP contribution in [0.1, 0.15) is 29.8 Å². The number of aromatic nitrogens is 5. The molecule has 4 rings (SSSR count). The van der Waals surface area contributed by atoms with Gasteiger partial charge in [0.25, 0.3) is 0 Å². The van der Waals surface area contributed by atoms with Gasteiger partial charge < -0.3 is 21.4 Å². The minimum atomic E-state index is -0.278. The predicted molar refractivity (Wildman–Crippen MR) is 116 cm³/mol. The van der Waals surface area contributed by atoms with Crippen molar-refractivity contribution in [3.05, 3.63) is 64.7 Å². The summed E-state index contributed by atoms with van der Waals surface area (Å²) in [6.07, 6.45) is 5.39. The zero-order valence-electron chi connectivity index (χ0n) is 16.0. The number of nitrogen functional groups attached to an aromatic ring is 2. The van der Waals surface area contributed by atoms with Gasteiger partial charge in [-0.2, -0.15) is 15.2 Å². The van der Waals surface area contributed by atoms with E-state index in [1.165, 1.54) is 0 Å². The first kappa shape index (κ1) is 19.4. The minimum absolute atomic E-state index is 0.0153. The molecule has 30 heavy (non-hydrogen) atoms. The van der Waals surface area contributed by atoms with Crippen molar-refractivity contribution in [1.82, 2.24) is 24.5 Å². The van der Waals surface area contributed by atoms with Crippen molar-refractivity contribution in [2.75, 3.05) is 16.8 Å². The smallest absolute Gasteiger partial charge is 0.224 e. The van der Waals surface area contributed by atoms with Crippen LogP contribution >= 0.6 is 11.6 Å². The highest BCUT2D eigenvalue weighted by Gasteiger charge is 2.20. The van der Waals surface area contributed by atoms with Gasteiger partial charge in [0.05, 0.1) is 23.3 Å². The maximum absolute atomic E-state index is 9.42. The monoisotopic (exact) mass is 419 g/mol. The van der Waals surface area contributed by atoms with Gasteiger partial charge in [0.15, 0.2) is 5.82 Å². The quantitative estimate of drug-likeness (QED) is 0.447. The van der Waals surface area contributed by atoms with Crippen LogP contribution in [0.4, 0.5) is 17.6 Å². The van der Waals surface area contributed by atoms with Crippen molar-refractivity contribution in [2.24, 2.45) is 0 Å². The molecule has 0 saturated carbocycles. The fourth-order valence-corrected chi connectivity index (χ4v) is 3.56. The molecule has 4 aromatic heterocycles. The number of nitrogens with zero attached hydrogens (tertiary/aromatic N) is 6. The summed E-state index contributed by atoms with van der Waals surface area (Å²) < 4.78 is 1.99. The van der Waals surface area contributed by atoms with Crippen LogP contribution in [-0.2, 0) is 6.54 Å². The number of nitrogens with one attached hydrogen (secondary N) is 1. The molecule has 0 bridgehead atoms. The Bertz CT molecular complexity index is 1260. The molecule has 0 radical (unpaired) electrons. The van der Waals surface area contributed by atoms with Gasteiger partial charge >= 0.3 is 0 Å². The molecule has 0 spiro atoms. The van der Waals surface area contributed by atoms with E-state index >= 15 is 0 Å². The average molecular weight is 420 g/mol. The Balaban J connectivity index is 1.77. The molecule has 4 heterocycles. The summed E-state index contributed by atoms with van der Waals surface area (Å²) in [4.78, 5) is 16.9. The summed E-state index contributed by atoms with van der Waals surface area (Å²) in [6, 6.07) is 9.24. The lowest BCUT2D eigenvalue weighted by Gasteiger charge is -2.16. The lowest BCUT2D eigenvalue weighted by Crippen LogP contribution is -2.13. The number of hydrogen-bond acceptors (Lipinski definition) is 8. The maximum Gasteiger partial charge on any atom is 0.224 e. The van der Waals surface area contributed by atoms with Gasteiger partial charge in [0.2, 0.25) is 5.95 Å². The van der Waals surface area contributed by atoms with Crippen LogP contribution in [0, 0.1) is 11.3 Å². The highest BCUT2D eigenvalue weighted by molar-refractivity contribution is 6.35. The summed E-state index contributed by atoms with van der Waals surface area (Å²) in [7, 11) is 0. The number of anilines is 3. The van der Waals surface area contributed by atoms with Crippen molar-refractivity contribution in [3.63, 3.8) is 0 Å². The number of rotatable bonds is 5. The second-order valence-corrected chi connectivity index (χ2v) is 7.10. The predicted octanol–water partition coefficient (Wildman–Crippen LogP) is 3.13. The second-order valence-electron chi connectivity index (χ2n) is 6.69. The molecule has 4 aromatic rings. The number of halogens is 1. The van der Waals surface area contributed by atoms with E-state index in [1.807, 2.05) is 42.0 Å². The Hall–Kier alpha value is -3.90. The normalized spacial score (nSPS) is 11.9. The fraction of sp³-hybridized carbons (Fsp3) is 0.150. The SMILES string of the molecule is C[C@H](Nc1nc(N)nc(N)c1C#N)c1cn(Cc2ccccn2)c2nccc(Cl)c12. The molecule has 9 nitrogen and oxygen atoms in total. The van der Waals surface area contributed by atoms with Gasteiger partial charge in [-0.1, -0.05) is 17.7 Å². The maximum atomic E-state index is 9.42. The summed E-state index contributed by atoms with van der Waals surface area (Å²) in [5.41, 5.74) is 14.2. The van der Waals surface area contributed by atoms with Crippen molar-refractivity contribution in [1.29, 1.82) is 5.26 Å². The molecular weight excluding hydrogens is 402 g/mol. The minimum Gasteiger partial charge on any atom is -0.382 e. The van der Waals surface area contributed by atoms with Gasteiger partial charge in [-0.05, 0) is 25.1 Å². The van der Waals surface area contributed by atoms with Crippen LogP contribution in [0.5, 0.6) is 0 Å². The molecule has 0 unspecified atom stereocenters. The summed E-state index contributed by atoms with van der Waals surface area (Å²) in [6.45, 7) is 2.47. The Morgan fingerprint density at radius 2 is 2.03 bits per heavy atom. The molecule has 150 valence electrons. The second kappa shape index (κ2) is 7.85. The van der Waals surface area contributed by atoms with Gasteiger partial charge in [-0.25, -0.2) is 4.98 Å². The fourth-order valence-electron chi connectivity index (χ4n) is 3.31. The number of fused-ring (bicyclic) bond motifs is 1. The first-order chi connectivity index (χ1) is 14.5. The standard InChI is InChI=1S/C20H18ClN9/c1-11(27-18-13(8-22)17(23)28-20(24)29-18)14-10-30(9-12-4-2-3-6-25-12)19-16(14)15(21)5-7-26-19/h2-7,10-11H,9H2,1H3,(H5,23,24,27,28,29)/t11-/m0/s1. The Morgan fingerprint density at radius 3 is 2.77 bits per heavy atom. The third-order valence-electron chi connectivity index (χ3n) is 4.68. The largest absolute Gasteiger partial charge is 0.382 e. The molecule has 0 fully saturated rings. The number of nitriles is 1. The van der Waals surface area contributed by atoms with E-state index in [4.69, 9.17) is 23.1 Å². The lowest BCUT2D eigenvalue weighted by atomic mass is 10.1. The highest BCUT2D eigenvalue weighted by atomic mass is 35.5. The van der Waals surface area contributed by atoms with E-state index < -0.39 is 0 Å². The topological polar surface area (TPSA) is 144 Å². The Labute approximate surface area is 177 Å². The zero-order chi connectivity index (χ0) is 21.3. The molecule has 10 heteroatoms. The van der Waals surface area contributed by atoms with Crippen LogP contribution in [0.25, 0.3) is 11.0 Å². The lowest BCUT2D eigenvalue weighted by molar-refractivity contribution is 0.784. The molecule has 0 saturated heterocycles. The number of hydrogen-bond donors (Lipinski definition) is 3. The third kappa shape index (κ3) is 3.56. The summed E-state index contributed by atoms with van der Waals surface area (Å²) in [5.74, 6) is 0.274. The van der Waals surface area contributed by atoms with Crippen LogP contribution < -0.4 is 16.8 Å². The molecule has 0 aromatic carbocycles. The van der Waals surface area contributed by atoms with Crippen molar-refractivity contribution in [3.8, 4) is 6.07 Å². The van der Waals surface area contributed by atoms with E-state index in [-0.39, 0.29) is 29.2 Å². The molecule has 5 N–H and O–H groups in total. The van der Waals surface area contributed by atoms with Crippen LogP contribution in [0.2, 0.25) is 5.02 Å². The van der Waals surface area contributed by atoms with Gasteiger partial charge in [0, 0.05) is 29.5 Å². The van der Waals surface area contributed by atoms with E-state index in [9.17, 15) is 5.26 Å². The first-order valence-corrected chi connectivity index (χ1v) is 9.48. The molecule has 0 aliphatic heterocycles. The van der Waals surface area contributed by atoms with E-state index in [0.29, 0.717) is 11.6 Å². The van der Waals surface area contributed by atoms with Crippen LogP contribution in [0.3, 0.4) is 0 Å². The van der Waals surface area contributed by atoms with Gasteiger partial charge in [0.1, 0.15) is 23.1 Å².